The maximum atomic E-state index is 12.9. The molecule has 0 unspecified atom stereocenters. The van der Waals surface area contributed by atoms with E-state index in [0.29, 0.717) is 22.5 Å². The van der Waals surface area contributed by atoms with Crippen molar-refractivity contribution in [3.8, 4) is 11.4 Å². The van der Waals surface area contributed by atoms with E-state index in [2.05, 4.69) is 36.8 Å². The van der Waals surface area contributed by atoms with Crippen molar-refractivity contribution in [2.24, 2.45) is 0 Å². The third-order valence-corrected chi connectivity index (χ3v) is 4.43. The third kappa shape index (κ3) is 2.57. The molecule has 0 fully saturated rings. The predicted molar refractivity (Wildman–Crippen MR) is 94.0 cm³/mol. The fourth-order valence-corrected chi connectivity index (χ4v) is 3.69. The number of nitrogens with zero attached hydrogens (tertiary/aromatic N) is 2. The number of benzene rings is 2. The molecule has 1 aromatic heterocycles. The van der Waals surface area contributed by atoms with Crippen LogP contribution in [0.15, 0.2) is 50.1 Å². The summed E-state index contributed by atoms with van der Waals surface area (Å²) in [6.07, 6.45) is 0. The fraction of sp³-hybridized carbons (Fsp3) is 0.125. The molecule has 0 spiro atoms. The molecule has 22 heavy (non-hydrogen) atoms. The molecule has 0 bridgehead atoms. The van der Waals surface area contributed by atoms with Gasteiger partial charge < -0.3 is 4.74 Å². The van der Waals surface area contributed by atoms with E-state index in [1.54, 1.807) is 17.7 Å². The van der Waals surface area contributed by atoms with Crippen LogP contribution in [0.2, 0.25) is 0 Å². The summed E-state index contributed by atoms with van der Waals surface area (Å²) < 4.78 is 8.43. The SMILES string of the molecule is COc1cccc(-n2c(C)nc3c(Br)cc(Br)cc3c2=O)c1. The van der Waals surface area contributed by atoms with Crippen molar-refractivity contribution in [1.82, 2.24) is 9.55 Å². The molecule has 0 saturated carbocycles. The van der Waals surface area contributed by atoms with Gasteiger partial charge in [0.2, 0.25) is 0 Å². The van der Waals surface area contributed by atoms with Crippen LogP contribution < -0.4 is 10.3 Å². The van der Waals surface area contributed by atoms with Crippen LogP contribution >= 0.6 is 31.9 Å². The first-order chi connectivity index (χ1) is 10.5. The molecule has 4 nitrogen and oxygen atoms in total. The minimum absolute atomic E-state index is 0.113. The molecule has 0 radical (unpaired) electrons. The van der Waals surface area contributed by atoms with E-state index in [-0.39, 0.29) is 5.56 Å². The lowest BCUT2D eigenvalue weighted by molar-refractivity contribution is 0.414. The molecule has 2 aromatic carbocycles. The zero-order chi connectivity index (χ0) is 15.9. The number of aromatic nitrogens is 2. The largest absolute Gasteiger partial charge is 0.497 e. The summed E-state index contributed by atoms with van der Waals surface area (Å²) in [5, 5.41) is 0.551. The second kappa shape index (κ2) is 5.85. The molecule has 1 heterocycles. The number of hydrogen-bond acceptors (Lipinski definition) is 3. The first-order valence-corrected chi connectivity index (χ1v) is 8.12. The van der Waals surface area contributed by atoms with Gasteiger partial charge in [0.15, 0.2) is 0 Å². The average Bonchev–Trinajstić information content (AvgIpc) is 2.49. The Labute approximate surface area is 144 Å². The summed E-state index contributed by atoms with van der Waals surface area (Å²) in [7, 11) is 1.60. The lowest BCUT2D eigenvalue weighted by Gasteiger charge is -2.12. The summed E-state index contributed by atoms with van der Waals surface area (Å²) in [6.45, 7) is 1.81. The van der Waals surface area contributed by atoms with Gasteiger partial charge in [0, 0.05) is 15.0 Å². The Kier molecular flexibility index (Phi) is 4.06. The molecular weight excluding hydrogens is 412 g/mol. The minimum Gasteiger partial charge on any atom is -0.497 e. The Balaban J connectivity index is 2.37. The number of hydrogen-bond donors (Lipinski definition) is 0. The lowest BCUT2D eigenvalue weighted by atomic mass is 10.2. The van der Waals surface area contributed by atoms with Crippen molar-refractivity contribution >= 4 is 42.8 Å². The quantitative estimate of drug-likeness (QED) is 0.619. The predicted octanol–water partition coefficient (Wildman–Crippen LogP) is 4.23. The highest BCUT2D eigenvalue weighted by Gasteiger charge is 2.13. The van der Waals surface area contributed by atoms with Crippen LogP contribution in [-0.2, 0) is 0 Å². The van der Waals surface area contributed by atoms with Gasteiger partial charge in [-0.3, -0.25) is 9.36 Å². The molecule has 0 amide bonds. The Morgan fingerprint density at radius 3 is 2.68 bits per heavy atom. The Hall–Kier alpha value is -1.66. The van der Waals surface area contributed by atoms with E-state index in [0.717, 1.165) is 14.6 Å². The minimum atomic E-state index is -0.113. The Morgan fingerprint density at radius 2 is 1.95 bits per heavy atom. The van der Waals surface area contributed by atoms with Crippen LogP contribution in [0.1, 0.15) is 5.82 Å². The van der Waals surface area contributed by atoms with Gasteiger partial charge in [0.1, 0.15) is 11.6 Å². The van der Waals surface area contributed by atoms with Crippen LogP contribution in [0, 0.1) is 6.92 Å². The Bertz CT molecular complexity index is 935. The van der Waals surface area contributed by atoms with E-state index < -0.39 is 0 Å². The molecule has 0 aliphatic carbocycles. The summed E-state index contributed by atoms with van der Waals surface area (Å²) >= 11 is 6.87. The fourth-order valence-electron chi connectivity index (χ4n) is 2.38. The summed E-state index contributed by atoms with van der Waals surface area (Å²) in [6, 6.07) is 11.0. The van der Waals surface area contributed by atoms with Crippen LogP contribution in [0.5, 0.6) is 5.75 Å². The van der Waals surface area contributed by atoms with Gasteiger partial charge in [-0.2, -0.15) is 0 Å². The standard InChI is InChI=1S/C16H12Br2N2O2/c1-9-19-15-13(6-10(17)7-14(15)18)16(21)20(9)11-4-3-5-12(8-11)22-2/h3-8H,1-2H3. The van der Waals surface area contributed by atoms with Gasteiger partial charge >= 0.3 is 0 Å². The number of fused-ring (bicyclic) bond motifs is 1. The summed E-state index contributed by atoms with van der Waals surface area (Å²) in [5.74, 6) is 1.31. The van der Waals surface area contributed by atoms with E-state index in [1.807, 2.05) is 37.3 Å². The third-order valence-electron chi connectivity index (χ3n) is 3.37. The smallest absolute Gasteiger partial charge is 0.266 e. The lowest BCUT2D eigenvalue weighted by Crippen LogP contribution is -2.22. The van der Waals surface area contributed by atoms with Crippen LogP contribution in [0.4, 0.5) is 0 Å². The second-order valence-corrected chi connectivity index (χ2v) is 6.55. The van der Waals surface area contributed by atoms with Gasteiger partial charge in [-0.1, -0.05) is 22.0 Å². The molecule has 0 aliphatic heterocycles. The van der Waals surface area contributed by atoms with Gasteiger partial charge in [0.25, 0.3) is 5.56 Å². The second-order valence-electron chi connectivity index (χ2n) is 4.78. The average molecular weight is 424 g/mol. The van der Waals surface area contributed by atoms with E-state index in [4.69, 9.17) is 4.74 Å². The highest BCUT2D eigenvalue weighted by Crippen LogP contribution is 2.26. The van der Waals surface area contributed by atoms with Gasteiger partial charge in [0.05, 0.1) is 23.7 Å². The Morgan fingerprint density at radius 1 is 1.18 bits per heavy atom. The van der Waals surface area contributed by atoms with E-state index >= 15 is 0 Å². The molecule has 3 rings (SSSR count). The molecule has 0 aliphatic rings. The molecular formula is C16H12Br2N2O2. The topological polar surface area (TPSA) is 44.1 Å². The van der Waals surface area contributed by atoms with Crippen molar-refractivity contribution < 1.29 is 4.74 Å². The first kappa shape index (κ1) is 15.2. The molecule has 112 valence electrons. The van der Waals surface area contributed by atoms with Crippen molar-refractivity contribution in [2.75, 3.05) is 7.11 Å². The number of methoxy groups -OCH3 is 1. The van der Waals surface area contributed by atoms with Gasteiger partial charge in [-0.05, 0) is 47.1 Å². The number of halogens is 2. The van der Waals surface area contributed by atoms with E-state index in [9.17, 15) is 4.79 Å². The van der Waals surface area contributed by atoms with E-state index in [1.165, 1.54) is 0 Å². The maximum absolute atomic E-state index is 12.9. The number of ether oxygens (including phenoxy) is 1. The van der Waals surface area contributed by atoms with Gasteiger partial charge in [-0.25, -0.2) is 4.98 Å². The van der Waals surface area contributed by atoms with Gasteiger partial charge in [-0.15, -0.1) is 0 Å². The number of rotatable bonds is 2. The summed E-state index contributed by atoms with van der Waals surface area (Å²) in [4.78, 5) is 17.5. The molecule has 0 N–H and O–H groups in total. The molecule has 0 saturated heterocycles. The van der Waals surface area contributed by atoms with Crippen molar-refractivity contribution in [3.63, 3.8) is 0 Å². The van der Waals surface area contributed by atoms with Crippen molar-refractivity contribution in [3.05, 3.63) is 61.5 Å². The molecule has 6 heteroatoms. The normalized spacial score (nSPS) is 10.9. The van der Waals surface area contributed by atoms with Crippen molar-refractivity contribution in [1.29, 1.82) is 0 Å². The van der Waals surface area contributed by atoms with Crippen LogP contribution in [-0.4, -0.2) is 16.7 Å². The highest BCUT2D eigenvalue weighted by molar-refractivity contribution is 9.11. The maximum Gasteiger partial charge on any atom is 0.266 e. The molecule has 3 aromatic rings. The van der Waals surface area contributed by atoms with Crippen LogP contribution in [0.3, 0.4) is 0 Å². The number of aryl methyl sites for hydroxylation is 1. The zero-order valence-corrected chi connectivity index (χ0v) is 15.1. The highest BCUT2D eigenvalue weighted by atomic mass is 79.9. The van der Waals surface area contributed by atoms with Crippen molar-refractivity contribution in [2.45, 2.75) is 6.92 Å². The summed E-state index contributed by atoms with van der Waals surface area (Å²) in [5.41, 5.74) is 1.27. The first-order valence-electron chi connectivity index (χ1n) is 6.54. The zero-order valence-electron chi connectivity index (χ0n) is 11.9. The monoisotopic (exact) mass is 422 g/mol. The van der Waals surface area contributed by atoms with Crippen LogP contribution in [0.25, 0.3) is 16.6 Å². The molecule has 0 atom stereocenters.